The number of nitrogens with zero attached hydrogens (tertiary/aromatic N) is 2. The van der Waals surface area contributed by atoms with Crippen LogP contribution in [0, 0.1) is 11.8 Å². The van der Waals surface area contributed by atoms with E-state index < -0.39 is 0 Å². The van der Waals surface area contributed by atoms with Crippen molar-refractivity contribution in [3.05, 3.63) is 35.9 Å². The van der Waals surface area contributed by atoms with Gasteiger partial charge in [0.15, 0.2) is 0 Å². The van der Waals surface area contributed by atoms with E-state index in [4.69, 9.17) is 0 Å². The van der Waals surface area contributed by atoms with E-state index in [1.807, 2.05) is 30.3 Å². The quantitative estimate of drug-likeness (QED) is 0.760. The number of carbonyl (C=O) groups excluding carboxylic acids is 3. The lowest BCUT2D eigenvalue weighted by Crippen LogP contribution is -2.38. The first kappa shape index (κ1) is 15.7. The van der Waals surface area contributed by atoms with Gasteiger partial charge in [0.25, 0.3) is 0 Å². The molecule has 3 aliphatic rings. The summed E-state index contributed by atoms with van der Waals surface area (Å²) in [5.74, 6) is -0.415. The molecular formula is C18H20N2O3S. The van der Waals surface area contributed by atoms with Crippen LogP contribution in [0.25, 0.3) is 0 Å². The summed E-state index contributed by atoms with van der Waals surface area (Å²) >= 11 is 1.70. The zero-order chi connectivity index (χ0) is 16.7. The Bertz CT molecular complexity index is 650. The molecule has 0 radical (unpaired) electrons. The highest BCUT2D eigenvalue weighted by Gasteiger charge is 2.53. The Morgan fingerprint density at radius 3 is 2.25 bits per heavy atom. The molecule has 2 saturated heterocycles. The van der Waals surface area contributed by atoms with E-state index in [1.165, 1.54) is 17.7 Å². The van der Waals surface area contributed by atoms with Crippen LogP contribution in [0.3, 0.4) is 0 Å². The van der Waals surface area contributed by atoms with Crippen molar-refractivity contribution in [2.45, 2.75) is 24.6 Å². The fourth-order valence-electron chi connectivity index (χ4n) is 3.45. The Morgan fingerprint density at radius 2 is 1.67 bits per heavy atom. The average molecular weight is 344 g/mol. The zero-order valence-electron chi connectivity index (χ0n) is 13.4. The summed E-state index contributed by atoms with van der Waals surface area (Å²) in [5, 5.41) is 0.640. The van der Waals surface area contributed by atoms with Gasteiger partial charge >= 0.3 is 0 Å². The number of likely N-dealkylation sites (tertiary alicyclic amines) is 2. The number of hydrogen-bond donors (Lipinski definition) is 0. The molecule has 3 fully saturated rings. The zero-order valence-corrected chi connectivity index (χ0v) is 14.2. The van der Waals surface area contributed by atoms with E-state index >= 15 is 0 Å². The number of hydrogen-bond acceptors (Lipinski definition) is 4. The predicted molar refractivity (Wildman–Crippen MR) is 91.0 cm³/mol. The number of amides is 3. The van der Waals surface area contributed by atoms with Crippen molar-refractivity contribution in [2.24, 2.45) is 11.8 Å². The Morgan fingerprint density at radius 1 is 1.04 bits per heavy atom. The third-order valence-electron chi connectivity index (χ3n) is 4.99. The molecule has 2 heterocycles. The summed E-state index contributed by atoms with van der Waals surface area (Å²) in [6, 6.07) is 9.55. The number of carbonyl (C=O) groups is 3. The highest BCUT2D eigenvalue weighted by molar-refractivity contribution is 8.00. The van der Waals surface area contributed by atoms with Gasteiger partial charge in [0.1, 0.15) is 0 Å². The van der Waals surface area contributed by atoms with Crippen LogP contribution in [0.4, 0.5) is 0 Å². The Hall–Kier alpha value is -1.82. The first-order valence-corrected chi connectivity index (χ1v) is 9.47. The molecular weight excluding hydrogens is 324 g/mol. The van der Waals surface area contributed by atoms with Crippen LogP contribution in [0.15, 0.2) is 30.3 Å². The van der Waals surface area contributed by atoms with Crippen molar-refractivity contribution in [3.8, 4) is 0 Å². The van der Waals surface area contributed by atoms with Gasteiger partial charge in [-0.3, -0.25) is 19.3 Å². The van der Waals surface area contributed by atoms with Gasteiger partial charge in [0.2, 0.25) is 17.7 Å². The lowest BCUT2D eigenvalue weighted by Gasteiger charge is -2.21. The van der Waals surface area contributed by atoms with E-state index in [9.17, 15) is 14.4 Å². The van der Waals surface area contributed by atoms with Crippen molar-refractivity contribution in [1.82, 2.24) is 9.80 Å². The van der Waals surface area contributed by atoms with Crippen molar-refractivity contribution in [2.75, 3.05) is 18.8 Å². The number of rotatable bonds is 5. The van der Waals surface area contributed by atoms with Crippen LogP contribution in [-0.2, 0) is 20.9 Å². The summed E-state index contributed by atoms with van der Waals surface area (Å²) < 4.78 is 0. The molecule has 0 spiro atoms. The second-order valence-electron chi connectivity index (χ2n) is 6.77. The molecule has 126 valence electrons. The van der Waals surface area contributed by atoms with Crippen LogP contribution in [0.5, 0.6) is 0 Å². The fourth-order valence-corrected chi connectivity index (χ4v) is 4.48. The van der Waals surface area contributed by atoms with Crippen molar-refractivity contribution in [3.63, 3.8) is 0 Å². The molecule has 3 amide bonds. The molecule has 2 aliphatic heterocycles. The Kier molecular flexibility index (Phi) is 4.08. The van der Waals surface area contributed by atoms with Gasteiger partial charge in [-0.2, -0.15) is 0 Å². The largest absolute Gasteiger partial charge is 0.340 e. The predicted octanol–water partition coefficient (Wildman–Crippen LogP) is 1.53. The normalized spacial score (nSPS) is 26.2. The first-order valence-electron chi connectivity index (χ1n) is 8.42. The second-order valence-corrected chi connectivity index (χ2v) is 8.06. The van der Waals surface area contributed by atoms with Crippen LogP contribution >= 0.6 is 11.8 Å². The Balaban J connectivity index is 1.39. The SMILES string of the molecule is O=C(CSC1CC1)N1C[C@@H]2C(=O)N(Cc3ccccc3)C(=O)[C@@H]2C1. The number of fused-ring (bicyclic) bond motifs is 1. The van der Waals surface area contributed by atoms with Gasteiger partial charge in [-0.25, -0.2) is 0 Å². The molecule has 5 nitrogen and oxygen atoms in total. The van der Waals surface area contributed by atoms with Gasteiger partial charge in [-0.05, 0) is 18.4 Å². The summed E-state index contributed by atoms with van der Waals surface area (Å²) in [6.07, 6.45) is 2.41. The lowest BCUT2D eigenvalue weighted by molar-refractivity contribution is -0.141. The van der Waals surface area contributed by atoms with E-state index in [0.29, 0.717) is 30.6 Å². The molecule has 24 heavy (non-hydrogen) atoms. The van der Waals surface area contributed by atoms with Crippen molar-refractivity contribution in [1.29, 1.82) is 0 Å². The third kappa shape index (κ3) is 2.95. The van der Waals surface area contributed by atoms with Crippen molar-refractivity contribution >= 4 is 29.5 Å². The molecule has 0 bridgehead atoms. The minimum absolute atomic E-state index is 0.0662. The maximum Gasteiger partial charge on any atom is 0.235 e. The average Bonchev–Trinajstić information content (AvgIpc) is 3.28. The lowest BCUT2D eigenvalue weighted by atomic mass is 10.00. The fraction of sp³-hybridized carbons (Fsp3) is 0.500. The first-order chi connectivity index (χ1) is 11.6. The maximum atomic E-state index is 12.6. The van der Waals surface area contributed by atoms with E-state index in [2.05, 4.69) is 0 Å². The number of benzene rings is 1. The minimum Gasteiger partial charge on any atom is -0.340 e. The van der Waals surface area contributed by atoms with Gasteiger partial charge in [0, 0.05) is 18.3 Å². The van der Waals surface area contributed by atoms with Gasteiger partial charge < -0.3 is 4.90 Å². The molecule has 0 N–H and O–H groups in total. The molecule has 0 unspecified atom stereocenters. The van der Waals surface area contributed by atoms with Crippen LogP contribution in [0.2, 0.25) is 0 Å². The topological polar surface area (TPSA) is 57.7 Å². The highest BCUT2D eigenvalue weighted by atomic mass is 32.2. The van der Waals surface area contributed by atoms with E-state index in [1.54, 1.807) is 16.7 Å². The summed E-state index contributed by atoms with van der Waals surface area (Å²) in [5.41, 5.74) is 0.952. The molecule has 1 saturated carbocycles. The van der Waals surface area contributed by atoms with Crippen molar-refractivity contribution < 1.29 is 14.4 Å². The highest BCUT2D eigenvalue weighted by Crippen LogP contribution is 2.36. The number of imide groups is 1. The molecule has 4 rings (SSSR count). The monoisotopic (exact) mass is 344 g/mol. The van der Waals surface area contributed by atoms with Gasteiger partial charge in [-0.15, -0.1) is 11.8 Å². The molecule has 1 aliphatic carbocycles. The van der Waals surface area contributed by atoms with Crippen LogP contribution in [-0.4, -0.2) is 51.6 Å². The summed E-state index contributed by atoms with van der Waals surface area (Å²) in [7, 11) is 0. The van der Waals surface area contributed by atoms with Gasteiger partial charge in [0.05, 0.1) is 24.1 Å². The molecule has 6 heteroatoms. The molecule has 1 aromatic rings. The minimum atomic E-state index is -0.351. The smallest absolute Gasteiger partial charge is 0.235 e. The third-order valence-corrected chi connectivity index (χ3v) is 6.35. The summed E-state index contributed by atoms with van der Waals surface area (Å²) in [6.45, 7) is 1.12. The van der Waals surface area contributed by atoms with E-state index in [0.717, 1.165) is 5.56 Å². The Labute approximate surface area is 145 Å². The standard InChI is InChI=1S/C18H20N2O3S/c21-16(11-24-13-6-7-13)19-9-14-15(10-19)18(23)20(17(14)22)8-12-4-2-1-3-5-12/h1-5,13-15H,6-11H2/t14-,15+. The molecule has 1 aromatic carbocycles. The van der Waals surface area contributed by atoms with E-state index in [-0.39, 0.29) is 29.6 Å². The van der Waals surface area contributed by atoms with Gasteiger partial charge in [-0.1, -0.05) is 30.3 Å². The summed E-state index contributed by atoms with van der Waals surface area (Å²) in [4.78, 5) is 40.6. The molecule has 2 atom stereocenters. The van der Waals surface area contributed by atoms with Crippen LogP contribution in [0.1, 0.15) is 18.4 Å². The van der Waals surface area contributed by atoms with Crippen LogP contribution < -0.4 is 0 Å². The number of thioether (sulfide) groups is 1. The molecule has 0 aromatic heterocycles. The second kappa shape index (κ2) is 6.24. The maximum absolute atomic E-state index is 12.6.